The van der Waals surface area contributed by atoms with E-state index >= 15 is 0 Å². The fourth-order valence-electron chi connectivity index (χ4n) is 1.37. The van der Waals surface area contributed by atoms with Crippen molar-refractivity contribution in [3.8, 4) is 0 Å². The Bertz CT molecular complexity index is 690. The van der Waals surface area contributed by atoms with Crippen LogP contribution in [-0.2, 0) is 0 Å². The molecule has 3 rings (SSSR count). The van der Waals surface area contributed by atoms with Crippen LogP contribution < -0.4 is 5.32 Å². The van der Waals surface area contributed by atoms with E-state index in [1.54, 1.807) is 0 Å². The molecule has 5 nitrogen and oxygen atoms in total. The minimum atomic E-state index is -0.349. The first kappa shape index (κ1) is 11.5. The highest BCUT2D eigenvalue weighted by Crippen LogP contribution is 2.26. The third-order valence-corrected chi connectivity index (χ3v) is 4.08. The number of halogens is 1. The van der Waals surface area contributed by atoms with Gasteiger partial charge in [0.25, 0.3) is 5.91 Å². The summed E-state index contributed by atoms with van der Waals surface area (Å²) in [6.07, 6.45) is 0. The van der Waals surface area contributed by atoms with Crippen LogP contribution in [0.15, 0.2) is 24.3 Å². The number of nitrogens with zero attached hydrogens (tertiary/aromatic N) is 3. The largest absolute Gasteiger partial charge is 0.296 e. The molecule has 3 aromatic rings. The van der Waals surface area contributed by atoms with Crippen molar-refractivity contribution in [2.75, 3.05) is 5.32 Å². The van der Waals surface area contributed by atoms with Gasteiger partial charge >= 0.3 is 0 Å². The van der Waals surface area contributed by atoms with E-state index in [-0.39, 0.29) is 15.4 Å². The molecule has 0 fully saturated rings. The number of carbonyl (C=O) groups is 1. The number of benzene rings is 1. The van der Waals surface area contributed by atoms with Crippen molar-refractivity contribution in [1.82, 2.24) is 15.2 Å². The smallest absolute Gasteiger partial charge is 0.288 e. The third-order valence-electron chi connectivity index (χ3n) is 2.11. The van der Waals surface area contributed by atoms with Crippen LogP contribution >= 0.6 is 34.3 Å². The fourth-order valence-corrected chi connectivity index (χ4v) is 2.96. The number of nitrogens with one attached hydrogen (secondary N) is 1. The average molecular weight is 297 g/mol. The minimum Gasteiger partial charge on any atom is -0.296 e. The Balaban J connectivity index is 1.86. The summed E-state index contributed by atoms with van der Waals surface area (Å²) in [4.78, 5) is 16.1. The van der Waals surface area contributed by atoms with Gasteiger partial charge in [0.2, 0.25) is 9.47 Å². The lowest BCUT2D eigenvalue weighted by molar-refractivity contribution is 0.102. The van der Waals surface area contributed by atoms with Crippen LogP contribution in [0.4, 0.5) is 5.13 Å². The molecule has 0 spiro atoms. The average Bonchev–Trinajstić information content (AvgIpc) is 2.94. The number of para-hydroxylation sites is 1. The Morgan fingerprint density at radius 2 is 2.06 bits per heavy atom. The zero-order chi connectivity index (χ0) is 12.5. The van der Waals surface area contributed by atoms with Crippen LogP contribution in [-0.4, -0.2) is 21.1 Å². The molecule has 2 aromatic heterocycles. The van der Waals surface area contributed by atoms with Gasteiger partial charge in [-0.3, -0.25) is 10.1 Å². The summed E-state index contributed by atoms with van der Waals surface area (Å²) in [7, 11) is 0. The van der Waals surface area contributed by atoms with Gasteiger partial charge in [-0.25, -0.2) is 4.98 Å². The number of thiazole rings is 1. The molecule has 1 aromatic carbocycles. The highest BCUT2D eigenvalue weighted by molar-refractivity contribution is 7.22. The minimum absolute atomic E-state index is 0.222. The molecule has 90 valence electrons. The zero-order valence-corrected chi connectivity index (χ0v) is 11.1. The van der Waals surface area contributed by atoms with Crippen molar-refractivity contribution in [3.05, 3.63) is 33.7 Å². The second-order valence-electron chi connectivity index (χ2n) is 3.30. The maximum Gasteiger partial charge on any atom is 0.288 e. The summed E-state index contributed by atoms with van der Waals surface area (Å²) in [5.41, 5.74) is 0.855. The Hall–Kier alpha value is -1.57. The molecule has 0 aliphatic carbocycles. The Morgan fingerprint density at radius 1 is 1.22 bits per heavy atom. The molecular weight excluding hydrogens is 292 g/mol. The summed E-state index contributed by atoms with van der Waals surface area (Å²) in [5.74, 6) is -0.349. The molecule has 0 aliphatic heterocycles. The molecule has 0 aliphatic rings. The van der Waals surface area contributed by atoms with Crippen LogP contribution in [0.25, 0.3) is 10.2 Å². The fraction of sp³-hybridized carbons (Fsp3) is 0. The van der Waals surface area contributed by atoms with E-state index in [4.69, 9.17) is 11.6 Å². The summed E-state index contributed by atoms with van der Waals surface area (Å²) >= 11 is 8.06. The number of rotatable bonds is 2. The van der Waals surface area contributed by atoms with Gasteiger partial charge in [-0.15, -0.1) is 10.2 Å². The third kappa shape index (κ3) is 2.20. The van der Waals surface area contributed by atoms with Crippen LogP contribution in [0.5, 0.6) is 0 Å². The number of fused-ring (bicyclic) bond motifs is 1. The normalized spacial score (nSPS) is 10.7. The van der Waals surface area contributed by atoms with Gasteiger partial charge in [0.15, 0.2) is 5.13 Å². The quantitative estimate of drug-likeness (QED) is 0.789. The highest BCUT2D eigenvalue weighted by Gasteiger charge is 2.14. The molecular formula is C10H5ClN4OS2. The van der Waals surface area contributed by atoms with Crippen molar-refractivity contribution in [1.29, 1.82) is 0 Å². The maximum absolute atomic E-state index is 11.8. The van der Waals surface area contributed by atoms with Crippen molar-refractivity contribution in [2.45, 2.75) is 0 Å². The van der Waals surface area contributed by atoms with E-state index in [9.17, 15) is 4.79 Å². The van der Waals surface area contributed by atoms with E-state index in [1.165, 1.54) is 11.3 Å². The lowest BCUT2D eigenvalue weighted by Crippen LogP contribution is -2.11. The van der Waals surface area contributed by atoms with E-state index in [2.05, 4.69) is 20.5 Å². The molecule has 0 radical (unpaired) electrons. The predicted molar refractivity (Wildman–Crippen MR) is 72.5 cm³/mol. The predicted octanol–water partition coefficient (Wildman–Crippen LogP) is 3.05. The summed E-state index contributed by atoms with van der Waals surface area (Å²) in [6.45, 7) is 0. The summed E-state index contributed by atoms with van der Waals surface area (Å²) < 4.78 is 1.26. The monoisotopic (exact) mass is 296 g/mol. The number of carbonyl (C=O) groups excluding carboxylic acids is 1. The van der Waals surface area contributed by atoms with E-state index in [1.807, 2.05) is 24.3 Å². The Labute approximate surface area is 114 Å². The number of amides is 1. The number of anilines is 1. The molecule has 8 heteroatoms. The Kier molecular flexibility index (Phi) is 2.94. The first-order valence-electron chi connectivity index (χ1n) is 4.88. The lowest BCUT2D eigenvalue weighted by Gasteiger charge is -1.95. The van der Waals surface area contributed by atoms with Crippen LogP contribution in [0.3, 0.4) is 0 Å². The van der Waals surface area contributed by atoms with Gasteiger partial charge < -0.3 is 0 Å². The van der Waals surface area contributed by atoms with Crippen LogP contribution in [0.2, 0.25) is 4.47 Å². The second-order valence-corrected chi connectivity index (χ2v) is 5.89. The van der Waals surface area contributed by atoms with Gasteiger partial charge in [0.1, 0.15) is 0 Å². The van der Waals surface area contributed by atoms with E-state index in [0.717, 1.165) is 21.6 Å². The highest BCUT2D eigenvalue weighted by atomic mass is 35.5. The number of hydrogen-bond acceptors (Lipinski definition) is 6. The second kappa shape index (κ2) is 4.60. The molecule has 1 amide bonds. The molecule has 0 saturated heterocycles. The van der Waals surface area contributed by atoms with E-state index < -0.39 is 0 Å². The van der Waals surface area contributed by atoms with Gasteiger partial charge in [-0.1, -0.05) is 34.8 Å². The van der Waals surface area contributed by atoms with Gasteiger partial charge in [0.05, 0.1) is 10.2 Å². The maximum atomic E-state index is 11.8. The van der Waals surface area contributed by atoms with E-state index in [0.29, 0.717) is 5.13 Å². The first-order valence-corrected chi connectivity index (χ1v) is 6.89. The van der Waals surface area contributed by atoms with Gasteiger partial charge in [-0.2, -0.15) is 0 Å². The number of hydrogen-bond donors (Lipinski definition) is 1. The molecule has 0 atom stereocenters. The van der Waals surface area contributed by atoms with Crippen molar-refractivity contribution in [2.24, 2.45) is 0 Å². The van der Waals surface area contributed by atoms with Crippen molar-refractivity contribution in [3.63, 3.8) is 0 Å². The molecule has 0 unspecified atom stereocenters. The molecule has 18 heavy (non-hydrogen) atoms. The molecule has 2 heterocycles. The van der Waals surface area contributed by atoms with Crippen molar-refractivity contribution < 1.29 is 4.79 Å². The molecule has 1 N–H and O–H groups in total. The summed E-state index contributed by atoms with van der Waals surface area (Å²) in [6, 6.07) is 7.67. The van der Waals surface area contributed by atoms with Crippen LogP contribution in [0.1, 0.15) is 9.80 Å². The lowest BCUT2D eigenvalue weighted by atomic mass is 10.3. The molecule has 0 bridgehead atoms. The SMILES string of the molecule is O=C(Nc1nc2ccccc2s1)c1nnc(Cl)s1. The van der Waals surface area contributed by atoms with Crippen LogP contribution in [0, 0.1) is 0 Å². The summed E-state index contributed by atoms with van der Waals surface area (Å²) in [5, 5.41) is 10.7. The molecule has 0 saturated carbocycles. The standard InChI is InChI=1S/C10H5ClN4OS2/c11-9-15-14-8(18-9)7(16)13-10-12-5-3-1-2-4-6(5)17-10/h1-4H,(H,12,13,16). The van der Waals surface area contributed by atoms with Crippen molar-refractivity contribution >= 4 is 55.5 Å². The topological polar surface area (TPSA) is 67.8 Å². The zero-order valence-electron chi connectivity index (χ0n) is 8.75. The van der Waals surface area contributed by atoms with Gasteiger partial charge in [-0.05, 0) is 23.7 Å². The number of aromatic nitrogens is 3. The Morgan fingerprint density at radius 3 is 2.78 bits per heavy atom. The first-order chi connectivity index (χ1) is 8.72. The van der Waals surface area contributed by atoms with Gasteiger partial charge in [0, 0.05) is 0 Å².